The molecule has 1 aromatic carbocycles. The molecule has 1 unspecified atom stereocenters. The Labute approximate surface area is 126 Å². The van der Waals surface area contributed by atoms with Gasteiger partial charge in [-0.1, -0.05) is 0 Å². The van der Waals surface area contributed by atoms with Gasteiger partial charge in [0.2, 0.25) is 10.0 Å². The van der Waals surface area contributed by atoms with Gasteiger partial charge >= 0.3 is 0 Å². The summed E-state index contributed by atoms with van der Waals surface area (Å²) >= 11 is 0. The Hall–Kier alpha value is -2.00. The quantitative estimate of drug-likeness (QED) is 0.885. The maximum absolute atomic E-state index is 13.8. The van der Waals surface area contributed by atoms with Crippen LogP contribution in [0.25, 0.3) is 0 Å². The van der Waals surface area contributed by atoms with Gasteiger partial charge < -0.3 is 4.90 Å². The van der Waals surface area contributed by atoms with Crippen molar-refractivity contribution in [1.82, 2.24) is 14.9 Å². The normalized spacial score (nSPS) is 18.8. The highest BCUT2D eigenvalue weighted by molar-refractivity contribution is 7.89. The molecule has 2 aromatic rings. The van der Waals surface area contributed by atoms with E-state index in [2.05, 4.69) is 14.9 Å². The lowest BCUT2D eigenvalue weighted by Gasteiger charge is -2.19. The zero-order valence-corrected chi connectivity index (χ0v) is 12.3. The summed E-state index contributed by atoms with van der Waals surface area (Å²) in [5.41, 5.74) is 0.270. The second-order valence-corrected chi connectivity index (χ2v) is 6.80. The maximum atomic E-state index is 13.8. The van der Waals surface area contributed by atoms with Gasteiger partial charge in [-0.3, -0.25) is 5.10 Å². The molecule has 6 nitrogen and oxygen atoms in total. The van der Waals surface area contributed by atoms with Crippen molar-refractivity contribution in [2.75, 3.05) is 18.0 Å². The molecule has 2 N–H and O–H groups in total. The van der Waals surface area contributed by atoms with Crippen LogP contribution in [0, 0.1) is 11.6 Å². The van der Waals surface area contributed by atoms with Crippen LogP contribution in [-0.2, 0) is 10.0 Å². The predicted molar refractivity (Wildman–Crippen MR) is 75.9 cm³/mol. The van der Waals surface area contributed by atoms with E-state index < -0.39 is 21.7 Å². The predicted octanol–water partition coefficient (Wildman–Crippen LogP) is 1.25. The Balaban J connectivity index is 1.70. The molecule has 0 saturated carbocycles. The van der Waals surface area contributed by atoms with E-state index in [0.29, 0.717) is 19.5 Å². The SMILES string of the molecule is O=S(=O)(NC1CCN(c2ccc(F)cc2F)C1)c1cn[nH]c1. The van der Waals surface area contributed by atoms with Crippen molar-refractivity contribution in [3.05, 3.63) is 42.2 Å². The smallest absolute Gasteiger partial charge is 0.243 e. The Morgan fingerprint density at radius 2 is 2.18 bits per heavy atom. The second-order valence-electron chi connectivity index (χ2n) is 5.08. The summed E-state index contributed by atoms with van der Waals surface area (Å²) in [4.78, 5) is 1.75. The Kier molecular flexibility index (Phi) is 3.83. The van der Waals surface area contributed by atoms with Crippen LogP contribution in [0.3, 0.4) is 0 Å². The van der Waals surface area contributed by atoms with E-state index in [1.165, 1.54) is 24.5 Å². The molecule has 0 aliphatic carbocycles. The molecule has 0 spiro atoms. The average molecular weight is 328 g/mol. The third-order valence-electron chi connectivity index (χ3n) is 3.54. The fourth-order valence-electron chi connectivity index (χ4n) is 2.49. The Morgan fingerprint density at radius 3 is 2.86 bits per heavy atom. The highest BCUT2D eigenvalue weighted by Gasteiger charge is 2.29. The molecule has 118 valence electrons. The fourth-order valence-corrected chi connectivity index (χ4v) is 3.65. The number of anilines is 1. The molecule has 1 fully saturated rings. The van der Waals surface area contributed by atoms with Crippen LogP contribution in [0.15, 0.2) is 35.5 Å². The van der Waals surface area contributed by atoms with Gasteiger partial charge in [-0.05, 0) is 18.6 Å². The van der Waals surface area contributed by atoms with E-state index in [1.807, 2.05) is 0 Å². The number of H-pyrrole nitrogens is 1. The highest BCUT2D eigenvalue weighted by atomic mass is 32.2. The van der Waals surface area contributed by atoms with Gasteiger partial charge in [0.15, 0.2) is 0 Å². The highest BCUT2D eigenvalue weighted by Crippen LogP contribution is 2.24. The van der Waals surface area contributed by atoms with E-state index in [0.717, 1.165) is 6.07 Å². The van der Waals surface area contributed by atoms with E-state index in [9.17, 15) is 17.2 Å². The summed E-state index contributed by atoms with van der Waals surface area (Å²) < 4.78 is 53.4. The zero-order chi connectivity index (χ0) is 15.7. The van der Waals surface area contributed by atoms with Gasteiger partial charge in [0.1, 0.15) is 16.5 Å². The fraction of sp³-hybridized carbons (Fsp3) is 0.308. The van der Waals surface area contributed by atoms with Crippen molar-refractivity contribution < 1.29 is 17.2 Å². The number of sulfonamides is 1. The van der Waals surface area contributed by atoms with Crippen molar-refractivity contribution >= 4 is 15.7 Å². The molecule has 22 heavy (non-hydrogen) atoms. The molecule has 2 heterocycles. The minimum Gasteiger partial charge on any atom is -0.368 e. The van der Waals surface area contributed by atoms with E-state index in [-0.39, 0.29) is 16.6 Å². The lowest BCUT2D eigenvalue weighted by atomic mass is 10.2. The first kappa shape index (κ1) is 14.9. The zero-order valence-electron chi connectivity index (χ0n) is 11.5. The number of rotatable bonds is 4. The van der Waals surface area contributed by atoms with Crippen LogP contribution >= 0.6 is 0 Å². The Bertz CT molecular complexity index is 764. The van der Waals surface area contributed by atoms with Gasteiger partial charge in [-0.2, -0.15) is 5.10 Å². The van der Waals surface area contributed by atoms with Crippen LogP contribution in [0.1, 0.15) is 6.42 Å². The van der Waals surface area contributed by atoms with Crippen molar-refractivity contribution in [3.63, 3.8) is 0 Å². The molecule has 0 bridgehead atoms. The number of aromatic nitrogens is 2. The molecular weight excluding hydrogens is 314 g/mol. The van der Waals surface area contributed by atoms with Crippen LogP contribution in [0.2, 0.25) is 0 Å². The first-order valence-electron chi connectivity index (χ1n) is 6.67. The van der Waals surface area contributed by atoms with Crippen molar-refractivity contribution in [1.29, 1.82) is 0 Å². The van der Waals surface area contributed by atoms with Crippen LogP contribution in [-0.4, -0.2) is 37.7 Å². The molecule has 1 aliphatic rings. The van der Waals surface area contributed by atoms with Gasteiger partial charge in [-0.25, -0.2) is 21.9 Å². The number of halogens is 2. The topological polar surface area (TPSA) is 78.1 Å². The first-order valence-corrected chi connectivity index (χ1v) is 8.15. The summed E-state index contributed by atoms with van der Waals surface area (Å²) in [7, 11) is -3.65. The lowest BCUT2D eigenvalue weighted by molar-refractivity contribution is 0.561. The molecule has 0 amide bonds. The molecular formula is C13H14F2N4O2S. The number of hydrogen-bond acceptors (Lipinski definition) is 4. The molecule has 1 aliphatic heterocycles. The number of aromatic amines is 1. The summed E-state index contributed by atoms with van der Waals surface area (Å²) in [5, 5.41) is 6.05. The van der Waals surface area contributed by atoms with Gasteiger partial charge in [0.25, 0.3) is 0 Å². The maximum Gasteiger partial charge on any atom is 0.243 e. The van der Waals surface area contributed by atoms with Gasteiger partial charge in [0.05, 0.1) is 11.9 Å². The minimum absolute atomic E-state index is 0.0545. The molecule has 1 aromatic heterocycles. The summed E-state index contributed by atoms with van der Waals surface area (Å²) in [5.74, 6) is -1.30. The van der Waals surface area contributed by atoms with Gasteiger partial charge in [0, 0.05) is 31.4 Å². The second kappa shape index (κ2) is 5.65. The molecule has 9 heteroatoms. The number of benzene rings is 1. The minimum atomic E-state index is -3.65. The average Bonchev–Trinajstić information content (AvgIpc) is 3.09. The summed E-state index contributed by atoms with van der Waals surface area (Å²) in [6.07, 6.45) is 3.04. The molecule has 3 rings (SSSR count). The van der Waals surface area contributed by atoms with E-state index >= 15 is 0 Å². The van der Waals surface area contributed by atoms with Crippen molar-refractivity contribution in [2.45, 2.75) is 17.4 Å². The summed E-state index contributed by atoms with van der Waals surface area (Å²) in [6, 6.07) is 3.02. The van der Waals surface area contributed by atoms with Crippen molar-refractivity contribution in [3.8, 4) is 0 Å². The number of hydrogen-bond donors (Lipinski definition) is 2. The monoisotopic (exact) mass is 328 g/mol. The number of nitrogens with one attached hydrogen (secondary N) is 2. The third-order valence-corrected chi connectivity index (χ3v) is 5.03. The van der Waals surface area contributed by atoms with Crippen LogP contribution in [0.5, 0.6) is 0 Å². The molecule has 0 radical (unpaired) electrons. The lowest BCUT2D eigenvalue weighted by Crippen LogP contribution is -2.37. The summed E-state index contributed by atoms with van der Waals surface area (Å²) in [6.45, 7) is 0.806. The number of nitrogens with zero attached hydrogens (tertiary/aromatic N) is 2. The Morgan fingerprint density at radius 1 is 1.36 bits per heavy atom. The van der Waals surface area contributed by atoms with Gasteiger partial charge in [-0.15, -0.1) is 0 Å². The van der Waals surface area contributed by atoms with Crippen molar-refractivity contribution in [2.24, 2.45) is 0 Å². The largest absolute Gasteiger partial charge is 0.368 e. The van der Waals surface area contributed by atoms with Crippen LogP contribution in [0.4, 0.5) is 14.5 Å². The van der Waals surface area contributed by atoms with E-state index in [4.69, 9.17) is 0 Å². The molecule has 1 atom stereocenters. The van der Waals surface area contributed by atoms with E-state index in [1.54, 1.807) is 4.90 Å². The van der Waals surface area contributed by atoms with Crippen LogP contribution < -0.4 is 9.62 Å². The standard InChI is InChI=1S/C13H14F2N4O2S/c14-9-1-2-13(12(15)5-9)19-4-3-10(8-19)18-22(20,21)11-6-16-17-7-11/h1-2,5-7,10,18H,3-4,8H2,(H,16,17). The first-order chi connectivity index (χ1) is 10.5. The molecule has 1 saturated heterocycles. The third kappa shape index (κ3) is 2.95.